The summed E-state index contributed by atoms with van der Waals surface area (Å²) in [5.41, 5.74) is 1.30. The second-order valence-corrected chi connectivity index (χ2v) is 9.56. The third-order valence-corrected chi connectivity index (χ3v) is 7.42. The lowest BCUT2D eigenvalue weighted by atomic mass is 9.78. The highest BCUT2D eigenvalue weighted by Crippen LogP contribution is 2.34. The lowest BCUT2D eigenvalue weighted by molar-refractivity contribution is -0.120. The second-order valence-electron chi connectivity index (χ2n) is 9.56. The van der Waals surface area contributed by atoms with Crippen molar-refractivity contribution in [1.82, 2.24) is 9.88 Å². The molecule has 3 heterocycles. The lowest BCUT2D eigenvalue weighted by Crippen LogP contribution is -2.47. The fourth-order valence-corrected chi connectivity index (χ4v) is 5.44. The summed E-state index contributed by atoms with van der Waals surface area (Å²) < 4.78 is 5.71. The zero-order valence-electron chi connectivity index (χ0n) is 18.8. The maximum Gasteiger partial charge on any atom is 0.135 e. The van der Waals surface area contributed by atoms with Crippen molar-refractivity contribution in [3.8, 4) is 5.75 Å². The molecule has 166 valence electrons. The Labute approximate surface area is 182 Å². The molecule has 5 heteroatoms. The number of carbonyl (C=O) groups excluding carboxylic acids is 1. The Morgan fingerprint density at radius 2 is 1.90 bits per heavy atom. The van der Waals surface area contributed by atoms with Gasteiger partial charge in [-0.25, -0.2) is 4.98 Å². The number of fused-ring (bicyclic) bond motifs is 1. The standard InChI is InChI=1S/C25H39N3O2/c1-2-3-4-22(29)19-21-7-5-20(6-8-21)10-13-27-14-16-28(17-15-27)25-23-11-18-30-24(23)9-12-26-25/h9,12,20-21H,2-8,10-11,13-19H2,1H3. The number of unbranched alkanes of at least 4 members (excludes halogenated alkanes) is 1. The molecular weight excluding hydrogens is 374 g/mol. The minimum atomic E-state index is 0.503. The van der Waals surface area contributed by atoms with Crippen molar-refractivity contribution in [2.24, 2.45) is 11.8 Å². The van der Waals surface area contributed by atoms with E-state index in [2.05, 4.69) is 21.7 Å². The lowest BCUT2D eigenvalue weighted by Gasteiger charge is -2.37. The van der Waals surface area contributed by atoms with E-state index in [0.717, 1.165) is 82.4 Å². The molecule has 2 aliphatic heterocycles. The van der Waals surface area contributed by atoms with Crippen LogP contribution in [-0.2, 0) is 11.2 Å². The van der Waals surface area contributed by atoms with Crippen molar-refractivity contribution in [2.75, 3.05) is 44.2 Å². The van der Waals surface area contributed by atoms with Gasteiger partial charge in [-0.05, 0) is 50.1 Å². The van der Waals surface area contributed by atoms with E-state index in [9.17, 15) is 4.79 Å². The zero-order chi connectivity index (χ0) is 20.8. The third kappa shape index (κ3) is 5.54. The predicted molar refractivity (Wildman–Crippen MR) is 121 cm³/mol. The van der Waals surface area contributed by atoms with Crippen molar-refractivity contribution in [1.29, 1.82) is 0 Å². The number of nitrogens with zero attached hydrogens (tertiary/aromatic N) is 3. The molecular formula is C25H39N3O2. The fourth-order valence-electron chi connectivity index (χ4n) is 5.44. The molecule has 1 saturated heterocycles. The Balaban J connectivity index is 1.14. The average molecular weight is 414 g/mol. The molecule has 0 aromatic carbocycles. The quantitative estimate of drug-likeness (QED) is 0.597. The molecule has 2 fully saturated rings. The van der Waals surface area contributed by atoms with Crippen LogP contribution in [0.4, 0.5) is 5.82 Å². The minimum Gasteiger partial charge on any atom is -0.493 e. The van der Waals surface area contributed by atoms with E-state index in [1.807, 2.05) is 12.3 Å². The summed E-state index contributed by atoms with van der Waals surface area (Å²) in [6.45, 7) is 8.58. The summed E-state index contributed by atoms with van der Waals surface area (Å²) in [5, 5.41) is 0. The van der Waals surface area contributed by atoms with E-state index in [0.29, 0.717) is 11.7 Å². The van der Waals surface area contributed by atoms with E-state index in [-0.39, 0.29) is 0 Å². The molecule has 1 aromatic rings. The van der Waals surface area contributed by atoms with Gasteiger partial charge < -0.3 is 9.64 Å². The Bertz CT molecular complexity index is 692. The van der Waals surface area contributed by atoms with E-state index in [1.54, 1.807) is 0 Å². The number of aromatic nitrogens is 1. The van der Waals surface area contributed by atoms with Crippen LogP contribution >= 0.6 is 0 Å². The number of Topliss-reactive ketones (excluding diaryl/α,β-unsaturated/α-hetero) is 1. The molecule has 0 radical (unpaired) electrons. The minimum absolute atomic E-state index is 0.503. The van der Waals surface area contributed by atoms with Gasteiger partial charge in [0.05, 0.1) is 6.61 Å². The van der Waals surface area contributed by atoms with Gasteiger partial charge in [0.1, 0.15) is 17.4 Å². The van der Waals surface area contributed by atoms with Crippen LogP contribution in [0.1, 0.15) is 70.3 Å². The predicted octanol–water partition coefficient (Wildman–Crippen LogP) is 4.48. The number of ether oxygens (including phenoxy) is 1. The van der Waals surface area contributed by atoms with Crippen molar-refractivity contribution >= 4 is 11.6 Å². The Morgan fingerprint density at radius 1 is 1.13 bits per heavy atom. The summed E-state index contributed by atoms with van der Waals surface area (Å²) in [6, 6.07) is 2.00. The number of carbonyl (C=O) groups is 1. The van der Waals surface area contributed by atoms with Gasteiger partial charge in [-0.15, -0.1) is 0 Å². The molecule has 0 unspecified atom stereocenters. The van der Waals surface area contributed by atoms with Crippen molar-refractivity contribution in [3.05, 3.63) is 17.8 Å². The van der Waals surface area contributed by atoms with Crippen molar-refractivity contribution in [3.63, 3.8) is 0 Å². The Morgan fingerprint density at radius 3 is 2.67 bits per heavy atom. The van der Waals surface area contributed by atoms with Gasteiger partial charge in [-0.2, -0.15) is 0 Å². The first-order valence-electron chi connectivity index (χ1n) is 12.3. The normalized spacial score (nSPS) is 24.5. The van der Waals surface area contributed by atoms with Crippen LogP contribution in [-0.4, -0.2) is 55.0 Å². The number of hydrogen-bond donors (Lipinski definition) is 0. The molecule has 3 aliphatic rings. The van der Waals surface area contributed by atoms with Gasteiger partial charge in [0.25, 0.3) is 0 Å². The van der Waals surface area contributed by atoms with Crippen molar-refractivity contribution in [2.45, 2.75) is 71.1 Å². The largest absolute Gasteiger partial charge is 0.493 e. The number of rotatable bonds is 9. The molecule has 30 heavy (non-hydrogen) atoms. The maximum absolute atomic E-state index is 12.1. The Kier molecular flexibility index (Phi) is 7.64. The van der Waals surface area contributed by atoms with Crippen LogP contribution in [0.25, 0.3) is 0 Å². The van der Waals surface area contributed by atoms with Crippen LogP contribution < -0.4 is 9.64 Å². The number of piperazine rings is 1. The van der Waals surface area contributed by atoms with Gasteiger partial charge in [-0.3, -0.25) is 9.69 Å². The Hall–Kier alpha value is -1.62. The van der Waals surface area contributed by atoms with Crippen molar-refractivity contribution < 1.29 is 9.53 Å². The molecule has 1 aliphatic carbocycles. The molecule has 0 amide bonds. The van der Waals surface area contributed by atoms with Crippen LogP contribution in [0.5, 0.6) is 5.75 Å². The van der Waals surface area contributed by atoms with Crippen LogP contribution in [0, 0.1) is 11.8 Å². The highest BCUT2D eigenvalue weighted by Gasteiger charge is 2.26. The molecule has 0 spiro atoms. The van der Waals surface area contributed by atoms with Gasteiger partial charge in [0, 0.05) is 57.2 Å². The van der Waals surface area contributed by atoms with E-state index in [4.69, 9.17) is 4.74 Å². The number of anilines is 1. The first-order valence-corrected chi connectivity index (χ1v) is 12.3. The third-order valence-electron chi connectivity index (χ3n) is 7.42. The zero-order valence-corrected chi connectivity index (χ0v) is 18.8. The van der Waals surface area contributed by atoms with Gasteiger partial charge in [0.15, 0.2) is 0 Å². The number of pyridine rings is 1. The molecule has 5 nitrogen and oxygen atoms in total. The monoisotopic (exact) mass is 413 g/mol. The molecule has 0 bridgehead atoms. The van der Waals surface area contributed by atoms with Crippen LogP contribution in [0.2, 0.25) is 0 Å². The van der Waals surface area contributed by atoms with Crippen LogP contribution in [0.3, 0.4) is 0 Å². The topological polar surface area (TPSA) is 45.7 Å². The molecule has 4 rings (SSSR count). The first-order chi connectivity index (χ1) is 14.7. The van der Waals surface area contributed by atoms with Crippen LogP contribution in [0.15, 0.2) is 12.3 Å². The number of ketones is 1. The molecule has 1 aromatic heterocycles. The average Bonchev–Trinajstić information content (AvgIpc) is 3.27. The molecule has 0 N–H and O–H groups in total. The molecule has 1 saturated carbocycles. The molecule has 0 atom stereocenters. The maximum atomic E-state index is 12.1. The summed E-state index contributed by atoms with van der Waals surface area (Å²) in [4.78, 5) is 21.8. The van der Waals surface area contributed by atoms with E-state index >= 15 is 0 Å². The SMILES string of the molecule is CCCCC(=O)CC1CCC(CCN2CCN(c3nccc4c3CCO4)CC2)CC1. The van der Waals surface area contributed by atoms with Gasteiger partial charge in [0.2, 0.25) is 0 Å². The summed E-state index contributed by atoms with van der Waals surface area (Å²) >= 11 is 0. The smallest absolute Gasteiger partial charge is 0.135 e. The van der Waals surface area contributed by atoms with E-state index < -0.39 is 0 Å². The fraction of sp³-hybridized carbons (Fsp3) is 0.760. The van der Waals surface area contributed by atoms with E-state index in [1.165, 1.54) is 44.2 Å². The highest BCUT2D eigenvalue weighted by atomic mass is 16.5. The first kappa shape index (κ1) is 21.6. The van der Waals surface area contributed by atoms with Gasteiger partial charge in [-0.1, -0.05) is 26.2 Å². The highest BCUT2D eigenvalue weighted by molar-refractivity contribution is 5.78. The van der Waals surface area contributed by atoms with Gasteiger partial charge >= 0.3 is 0 Å². The number of hydrogen-bond acceptors (Lipinski definition) is 5. The summed E-state index contributed by atoms with van der Waals surface area (Å²) in [6.07, 6.45) is 13.2. The summed E-state index contributed by atoms with van der Waals surface area (Å²) in [7, 11) is 0. The summed E-state index contributed by atoms with van der Waals surface area (Å²) in [5.74, 6) is 4.21. The second kappa shape index (κ2) is 10.6.